The monoisotopic (exact) mass is 402 g/mol. The molecule has 1 heterocycles. The average molecular weight is 402 g/mol. The summed E-state index contributed by atoms with van der Waals surface area (Å²) in [6.45, 7) is 1.43. The molecule has 0 saturated carbocycles. The normalized spacial score (nSPS) is 23.7. The summed E-state index contributed by atoms with van der Waals surface area (Å²) >= 11 is 2.91. The molecule has 1 aromatic carbocycles. The SMILES string of the molecule is CC1(O[Cl+3]([O-])([O-])[O-])OC(c2ccc(Br)cc2)=C[Se]1. The summed E-state index contributed by atoms with van der Waals surface area (Å²) in [7, 11) is -4.50. The Hall–Kier alpha value is -0.111. The second-order valence-electron chi connectivity index (χ2n) is 3.53. The molecule has 0 aliphatic carbocycles. The van der Waals surface area contributed by atoms with E-state index in [0.717, 1.165) is 10.0 Å². The van der Waals surface area contributed by atoms with Gasteiger partial charge in [-0.15, -0.1) is 0 Å². The van der Waals surface area contributed by atoms with E-state index in [-0.39, 0.29) is 0 Å². The predicted octanol–water partition coefficient (Wildman–Crippen LogP) is -0.930. The Kier molecular flexibility index (Phi) is 4.06. The molecule has 1 unspecified atom stereocenters. The molecule has 0 spiro atoms. The van der Waals surface area contributed by atoms with E-state index in [4.69, 9.17) is 4.74 Å². The zero-order chi connectivity index (χ0) is 13.4. The maximum atomic E-state index is 10.6. The van der Waals surface area contributed by atoms with Crippen molar-refractivity contribution in [3.05, 3.63) is 39.3 Å². The molecule has 0 N–H and O–H groups in total. The maximum absolute atomic E-state index is 10.6. The molecule has 1 atom stereocenters. The van der Waals surface area contributed by atoms with Gasteiger partial charge in [0.2, 0.25) is 0 Å². The zero-order valence-corrected chi connectivity index (χ0v) is 13.1. The van der Waals surface area contributed by atoms with Crippen LogP contribution in [0, 0.1) is 10.2 Å². The van der Waals surface area contributed by atoms with Gasteiger partial charge in [0.15, 0.2) is 0 Å². The molecule has 8 heteroatoms. The van der Waals surface area contributed by atoms with Crippen molar-refractivity contribution < 1.29 is 33.2 Å². The second-order valence-corrected chi connectivity index (χ2v) is 7.90. The van der Waals surface area contributed by atoms with Crippen molar-refractivity contribution in [3.63, 3.8) is 0 Å². The third-order valence-corrected chi connectivity index (χ3v) is 5.20. The molecular formula is C10H8BrClO5Se. The van der Waals surface area contributed by atoms with Crippen molar-refractivity contribution in [1.29, 1.82) is 0 Å². The fourth-order valence-corrected chi connectivity index (χ4v) is 4.09. The molecule has 98 valence electrons. The fourth-order valence-electron chi connectivity index (χ4n) is 1.36. The molecule has 0 aromatic heterocycles. The molecule has 1 aliphatic rings. The van der Waals surface area contributed by atoms with Gasteiger partial charge < -0.3 is 0 Å². The van der Waals surface area contributed by atoms with Crippen molar-refractivity contribution in [3.8, 4) is 0 Å². The van der Waals surface area contributed by atoms with Crippen molar-refractivity contribution in [2.24, 2.45) is 0 Å². The first-order chi connectivity index (χ1) is 8.27. The summed E-state index contributed by atoms with van der Waals surface area (Å²) in [5.41, 5.74) is 0.798. The van der Waals surface area contributed by atoms with Crippen LogP contribution in [-0.2, 0) is 9.03 Å². The van der Waals surface area contributed by atoms with E-state index >= 15 is 0 Å². The topological polar surface area (TPSA) is 87.6 Å². The summed E-state index contributed by atoms with van der Waals surface area (Å²) in [5, 5.41) is 0. The van der Waals surface area contributed by atoms with Crippen LogP contribution in [0.3, 0.4) is 0 Å². The van der Waals surface area contributed by atoms with Crippen LogP contribution in [0.15, 0.2) is 33.7 Å². The summed E-state index contributed by atoms with van der Waals surface area (Å²) in [6, 6.07) is 7.32. The van der Waals surface area contributed by atoms with E-state index in [2.05, 4.69) is 20.2 Å². The molecule has 0 bridgehead atoms. The van der Waals surface area contributed by atoms with Gasteiger partial charge in [0.1, 0.15) is 0 Å². The van der Waals surface area contributed by atoms with Crippen molar-refractivity contribution in [1.82, 2.24) is 0 Å². The molecule has 0 radical (unpaired) electrons. The van der Waals surface area contributed by atoms with Gasteiger partial charge in [-0.05, 0) is 0 Å². The van der Waals surface area contributed by atoms with Gasteiger partial charge in [-0.3, -0.25) is 0 Å². The predicted molar refractivity (Wildman–Crippen MR) is 58.4 cm³/mol. The van der Waals surface area contributed by atoms with Crippen LogP contribution in [0.2, 0.25) is 0 Å². The van der Waals surface area contributed by atoms with Crippen molar-refractivity contribution in [2.75, 3.05) is 0 Å². The number of hydrogen-bond donors (Lipinski definition) is 0. The van der Waals surface area contributed by atoms with E-state index < -0.39 is 29.9 Å². The van der Waals surface area contributed by atoms with Gasteiger partial charge in [0.05, 0.1) is 0 Å². The van der Waals surface area contributed by atoms with E-state index in [1.165, 1.54) is 6.92 Å². The van der Waals surface area contributed by atoms with Crippen LogP contribution in [0.1, 0.15) is 12.5 Å². The second kappa shape index (κ2) is 5.11. The Bertz CT molecular complexity index is 472. The third-order valence-electron chi connectivity index (χ3n) is 2.04. The minimum atomic E-state index is -4.50. The minimum absolute atomic E-state index is 0.403. The molecule has 0 saturated heterocycles. The standard InChI is InChI=1S/C10H8BrClO5Se/c1-10(17-12(13,14)15)16-9(6-18-10)7-2-4-8(11)5-3-7/h2-6H,1H3. The van der Waals surface area contributed by atoms with E-state index in [0.29, 0.717) is 5.76 Å². The quantitative estimate of drug-likeness (QED) is 0.610. The number of halogens is 2. The molecule has 5 nitrogen and oxygen atoms in total. The van der Waals surface area contributed by atoms with E-state index in [1.54, 1.807) is 4.97 Å². The van der Waals surface area contributed by atoms with Crippen LogP contribution in [-0.4, -0.2) is 19.6 Å². The van der Waals surface area contributed by atoms with Gasteiger partial charge in [-0.1, -0.05) is 0 Å². The number of ether oxygens (including phenoxy) is 1. The average Bonchev–Trinajstić information content (AvgIpc) is 2.58. The Balaban J connectivity index is 2.09. The van der Waals surface area contributed by atoms with Gasteiger partial charge >= 0.3 is 121 Å². The zero-order valence-electron chi connectivity index (χ0n) is 9.09. The fraction of sp³-hybridized carbons (Fsp3) is 0.200. The van der Waals surface area contributed by atoms with E-state index in [9.17, 15) is 14.0 Å². The number of hydrogen-bond acceptors (Lipinski definition) is 5. The van der Waals surface area contributed by atoms with E-state index in [1.807, 2.05) is 24.3 Å². The van der Waals surface area contributed by atoms with Crippen LogP contribution >= 0.6 is 15.9 Å². The summed E-state index contributed by atoms with van der Waals surface area (Å²) < 4.78 is 41.1. The first-order valence-electron chi connectivity index (χ1n) is 4.72. The molecule has 0 fully saturated rings. The Morgan fingerprint density at radius 2 is 1.89 bits per heavy atom. The number of rotatable bonds is 3. The molecule has 0 amide bonds. The third kappa shape index (κ3) is 3.69. The van der Waals surface area contributed by atoms with Gasteiger partial charge in [-0.25, -0.2) is 0 Å². The summed E-state index contributed by atoms with van der Waals surface area (Å²) in [4.78, 5) is 1.75. The van der Waals surface area contributed by atoms with Crippen LogP contribution < -0.4 is 14.0 Å². The van der Waals surface area contributed by atoms with Gasteiger partial charge in [0, 0.05) is 0 Å². The Morgan fingerprint density at radius 1 is 1.28 bits per heavy atom. The van der Waals surface area contributed by atoms with Crippen molar-refractivity contribution >= 4 is 36.6 Å². The van der Waals surface area contributed by atoms with Gasteiger partial charge in [-0.2, -0.15) is 0 Å². The Labute approximate surface area is 120 Å². The Morgan fingerprint density at radius 3 is 2.44 bits per heavy atom. The molecular weight excluding hydrogens is 394 g/mol. The van der Waals surface area contributed by atoms with Crippen molar-refractivity contribution in [2.45, 2.75) is 11.6 Å². The van der Waals surface area contributed by atoms with Crippen LogP contribution in [0.4, 0.5) is 0 Å². The molecule has 1 aromatic rings. The van der Waals surface area contributed by atoms with Gasteiger partial charge in [0.25, 0.3) is 0 Å². The summed E-state index contributed by atoms with van der Waals surface area (Å²) in [6.07, 6.45) is 0. The summed E-state index contributed by atoms with van der Waals surface area (Å²) in [5.74, 6) is 0.517. The van der Waals surface area contributed by atoms with Crippen LogP contribution in [0.25, 0.3) is 5.76 Å². The molecule has 18 heavy (non-hydrogen) atoms. The van der Waals surface area contributed by atoms with Crippen LogP contribution in [0.5, 0.6) is 0 Å². The molecule has 2 rings (SSSR count). The first kappa shape index (κ1) is 14.3. The first-order valence-corrected chi connectivity index (χ1v) is 8.59. The number of benzene rings is 1. The molecule has 1 aliphatic heterocycles.